The fourth-order valence-electron chi connectivity index (χ4n) is 1.62. The fourth-order valence-corrected chi connectivity index (χ4v) is 2.62. The lowest BCUT2D eigenvalue weighted by molar-refractivity contribution is 0.130. The van der Waals surface area contributed by atoms with Gasteiger partial charge in [-0.2, -0.15) is 0 Å². The number of benzene rings is 1. The Bertz CT molecular complexity index is 612. The zero-order valence-electron chi connectivity index (χ0n) is 11.6. The van der Waals surface area contributed by atoms with Crippen LogP contribution in [-0.2, 0) is 4.74 Å². The van der Waals surface area contributed by atoms with Crippen LogP contribution in [0.3, 0.4) is 0 Å². The molecule has 108 valence electrons. The molecule has 1 amide bonds. The van der Waals surface area contributed by atoms with Gasteiger partial charge in [0.2, 0.25) is 0 Å². The van der Waals surface area contributed by atoms with Crippen LogP contribution >= 0.6 is 11.3 Å². The zero-order valence-corrected chi connectivity index (χ0v) is 12.5. The van der Waals surface area contributed by atoms with Crippen molar-refractivity contribution in [3.8, 4) is 0 Å². The molecule has 2 aromatic rings. The van der Waals surface area contributed by atoms with E-state index >= 15 is 0 Å². The van der Waals surface area contributed by atoms with E-state index < -0.39 is 6.09 Å². The number of fused-ring (bicyclic) bond motifs is 1. The van der Waals surface area contributed by atoms with Crippen molar-refractivity contribution < 1.29 is 13.9 Å². The maximum atomic E-state index is 13.1. The Labute approximate surface area is 121 Å². The Kier molecular flexibility index (Phi) is 4.54. The first kappa shape index (κ1) is 14.7. The van der Waals surface area contributed by atoms with Crippen LogP contribution in [0.4, 0.5) is 9.18 Å². The minimum atomic E-state index is -0.461. The highest BCUT2D eigenvalue weighted by Gasteiger charge is 2.15. The van der Waals surface area contributed by atoms with E-state index in [2.05, 4.69) is 10.3 Å². The minimum Gasteiger partial charge on any atom is -0.449 e. The van der Waals surface area contributed by atoms with Crippen LogP contribution in [0.1, 0.15) is 31.8 Å². The van der Waals surface area contributed by atoms with Crippen LogP contribution in [0.2, 0.25) is 0 Å². The highest BCUT2D eigenvalue weighted by atomic mass is 32.1. The summed E-state index contributed by atoms with van der Waals surface area (Å²) in [5.74, 6) is 0.00568. The van der Waals surface area contributed by atoms with Gasteiger partial charge in [-0.3, -0.25) is 0 Å². The second kappa shape index (κ2) is 6.17. The molecule has 1 N–H and O–H groups in total. The van der Waals surface area contributed by atoms with Crippen LogP contribution in [0.5, 0.6) is 0 Å². The second-order valence-electron chi connectivity index (χ2n) is 5.02. The third-order valence-corrected chi connectivity index (χ3v) is 3.82. The van der Waals surface area contributed by atoms with Crippen molar-refractivity contribution in [2.45, 2.75) is 26.8 Å². The molecule has 1 heterocycles. The van der Waals surface area contributed by atoms with Crippen LogP contribution in [-0.4, -0.2) is 17.7 Å². The summed E-state index contributed by atoms with van der Waals surface area (Å²) in [6, 6.07) is 4.19. The van der Waals surface area contributed by atoms with E-state index in [-0.39, 0.29) is 11.9 Å². The van der Waals surface area contributed by atoms with Gasteiger partial charge in [-0.25, -0.2) is 14.2 Å². The predicted molar refractivity (Wildman–Crippen MR) is 77.3 cm³/mol. The monoisotopic (exact) mass is 296 g/mol. The van der Waals surface area contributed by atoms with Crippen molar-refractivity contribution in [2.75, 3.05) is 6.61 Å². The summed E-state index contributed by atoms with van der Waals surface area (Å²) >= 11 is 1.36. The number of ether oxygens (including phenoxy) is 1. The molecular formula is C14H17FN2O2S. The molecule has 0 spiro atoms. The van der Waals surface area contributed by atoms with Crippen molar-refractivity contribution in [3.63, 3.8) is 0 Å². The van der Waals surface area contributed by atoms with E-state index in [1.165, 1.54) is 23.5 Å². The molecule has 0 aliphatic carbocycles. The maximum absolute atomic E-state index is 13.1. The Morgan fingerprint density at radius 1 is 1.45 bits per heavy atom. The molecule has 1 aromatic carbocycles. The molecule has 0 bridgehead atoms. The van der Waals surface area contributed by atoms with E-state index in [0.29, 0.717) is 12.5 Å². The number of alkyl carbamates (subject to hydrolysis) is 1. The summed E-state index contributed by atoms with van der Waals surface area (Å²) in [6.45, 7) is 6.14. The molecule has 1 atom stereocenters. The quantitative estimate of drug-likeness (QED) is 0.931. The van der Waals surface area contributed by atoms with Gasteiger partial charge in [0.25, 0.3) is 0 Å². The normalized spacial score (nSPS) is 12.7. The van der Waals surface area contributed by atoms with Crippen molar-refractivity contribution in [1.29, 1.82) is 0 Å². The van der Waals surface area contributed by atoms with Crippen LogP contribution in [0, 0.1) is 11.7 Å². The fraction of sp³-hybridized carbons (Fsp3) is 0.429. The molecule has 0 radical (unpaired) electrons. The molecular weight excluding hydrogens is 279 g/mol. The van der Waals surface area contributed by atoms with Crippen LogP contribution in [0.15, 0.2) is 18.2 Å². The first-order chi connectivity index (χ1) is 9.45. The van der Waals surface area contributed by atoms with Gasteiger partial charge in [-0.15, -0.1) is 11.3 Å². The summed E-state index contributed by atoms with van der Waals surface area (Å²) in [5.41, 5.74) is 0.732. The lowest BCUT2D eigenvalue weighted by Crippen LogP contribution is -2.28. The van der Waals surface area contributed by atoms with Crippen molar-refractivity contribution in [3.05, 3.63) is 29.0 Å². The number of aromatic nitrogens is 1. The number of carbonyl (C=O) groups excluding carboxylic acids is 1. The topological polar surface area (TPSA) is 51.2 Å². The number of carbonyl (C=O) groups is 1. The van der Waals surface area contributed by atoms with Crippen LogP contribution < -0.4 is 5.32 Å². The molecule has 0 fully saturated rings. The van der Waals surface area contributed by atoms with Crippen molar-refractivity contribution in [2.24, 2.45) is 5.92 Å². The van der Waals surface area contributed by atoms with E-state index in [1.54, 1.807) is 6.07 Å². The lowest BCUT2D eigenvalue weighted by atomic mass is 10.2. The summed E-state index contributed by atoms with van der Waals surface area (Å²) in [6.07, 6.45) is -0.461. The number of rotatable bonds is 4. The van der Waals surface area contributed by atoms with Gasteiger partial charge in [0.15, 0.2) is 0 Å². The van der Waals surface area contributed by atoms with Gasteiger partial charge in [-0.05, 0) is 31.0 Å². The summed E-state index contributed by atoms with van der Waals surface area (Å²) in [4.78, 5) is 16.0. The number of nitrogens with zero attached hydrogens (tertiary/aromatic N) is 1. The molecule has 6 heteroatoms. The zero-order chi connectivity index (χ0) is 14.7. The average Bonchev–Trinajstić information content (AvgIpc) is 2.79. The minimum absolute atomic E-state index is 0.268. The van der Waals surface area contributed by atoms with Gasteiger partial charge in [0.1, 0.15) is 10.8 Å². The number of hydrogen-bond donors (Lipinski definition) is 1. The van der Waals surface area contributed by atoms with E-state index in [4.69, 9.17) is 4.74 Å². The standard InChI is InChI=1S/C14H17FN2O2S/c1-8(2)7-19-14(18)16-9(3)13-17-11-5-4-10(15)6-12(11)20-13/h4-6,8-9H,7H2,1-3H3,(H,16,18)/t9-/m1/s1. The highest BCUT2D eigenvalue weighted by Crippen LogP contribution is 2.26. The van der Waals surface area contributed by atoms with E-state index in [0.717, 1.165) is 15.2 Å². The highest BCUT2D eigenvalue weighted by molar-refractivity contribution is 7.18. The Hall–Kier alpha value is -1.69. The van der Waals surface area contributed by atoms with Gasteiger partial charge >= 0.3 is 6.09 Å². The lowest BCUT2D eigenvalue weighted by Gasteiger charge is -2.12. The molecule has 2 rings (SSSR count). The number of thiazole rings is 1. The van der Waals surface area contributed by atoms with Gasteiger partial charge in [0.05, 0.1) is 22.9 Å². The SMILES string of the molecule is CC(C)COC(=O)N[C@H](C)c1nc2ccc(F)cc2s1. The Balaban J connectivity index is 2.03. The molecule has 4 nitrogen and oxygen atoms in total. The third kappa shape index (κ3) is 3.66. The van der Waals surface area contributed by atoms with Crippen molar-refractivity contribution in [1.82, 2.24) is 10.3 Å². The average molecular weight is 296 g/mol. The smallest absolute Gasteiger partial charge is 0.407 e. The third-order valence-electron chi connectivity index (χ3n) is 2.62. The van der Waals surface area contributed by atoms with E-state index in [9.17, 15) is 9.18 Å². The summed E-state index contributed by atoms with van der Waals surface area (Å²) < 4.78 is 18.9. The number of amides is 1. The largest absolute Gasteiger partial charge is 0.449 e. The number of halogens is 1. The molecule has 0 aliphatic heterocycles. The molecule has 0 aliphatic rings. The molecule has 0 saturated carbocycles. The van der Waals surface area contributed by atoms with Gasteiger partial charge in [-0.1, -0.05) is 13.8 Å². The van der Waals surface area contributed by atoms with Crippen LogP contribution in [0.25, 0.3) is 10.2 Å². The molecule has 1 aromatic heterocycles. The van der Waals surface area contributed by atoms with E-state index in [1.807, 2.05) is 20.8 Å². The molecule has 0 saturated heterocycles. The van der Waals surface area contributed by atoms with Crippen molar-refractivity contribution >= 4 is 27.6 Å². The molecule has 0 unspecified atom stereocenters. The first-order valence-corrected chi connectivity index (χ1v) is 7.26. The maximum Gasteiger partial charge on any atom is 0.407 e. The van der Waals surface area contributed by atoms with Gasteiger partial charge in [0, 0.05) is 0 Å². The summed E-state index contributed by atoms with van der Waals surface area (Å²) in [7, 11) is 0. The predicted octanol–water partition coefficient (Wildman–Crippen LogP) is 3.88. The Morgan fingerprint density at radius 2 is 2.20 bits per heavy atom. The Morgan fingerprint density at radius 3 is 2.90 bits per heavy atom. The van der Waals surface area contributed by atoms with Gasteiger partial charge < -0.3 is 10.1 Å². The second-order valence-corrected chi connectivity index (χ2v) is 6.08. The molecule has 20 heavy (non-hydrogen) atoms. The number of nitrogens with one attached hydrogen (secondary N) is 1. The first-order valence-electron chi connectivity index (χ1n) is 6.45. The summed E-state index contributed by atoms with van der Waals surface area (Å²) in [5, 5.41) is 3.45. The number of hydrogen-bond acceptors (Lipinski definition) is 4.